The van der Waals surface area contributed by atoms with Gasteiger partial charge in [0.1, 0.15) is 5.65 Å². The Bertz CT molecular complexity index is 1290. The average Bonchev–Trinajstić information content (AvgIpc) is 3.05. The molecule has 0 radical (unpaired) electrons. The fourth-order valence-electron chi connectivity index (χ4n) is 4.84. The number of carbonyl (C=O) groups excluding carboxylic acids is 1. The number of fused-ring (bicyclic) bond motifs is 2. The van der Waals surface area contributed by atoms with Gasteiger partial charge in [-0.15, -0.1) is 0 Å². The van der Waals surface area contributed by atoms with Gasteiger partial charge in [-0.3, -0.25) is 0 Å². The van der Waals surface area contributed by atoms with Crippen molar-refractivity contribution < 1.29 is 23.4 Å². The molecule has 0 saturated carbocycles. The summed E-state index contributed by atoms with van der Waals surface area (Å²) in [5, 5.41) is 0.851. The van der Waals surface area contributed by atoms with Crippen LogP contribution in [0.5, 0.6) is 5.75 Å². The molecule has 34 heavy (non-hydrogen) atoms. The molecule has 1 N–H and O–H groups in total. The minimum absolute atomic E-state index is 0.327. The number of aromatic amines is 1. The minimum atomic E-state index is -1.03. The number of rotatable bonds is 4. The second-order valence-electron chi connectivity index (χ2n) is 10.0. The lowest BCUT2D eigenvalue weighted by Crippen LogP contribution is -2.29. The van der Waals surface area contributed by atoms with Gasteiger partial charge in [-0.1, -0.05) is 0 Å². The highest BCUT2D eigenvalue weighted by Crippen LogP contribution is 2.45. The number of H-pyrrole nitrogens is 1. The van der Waals surface area contributed by atoms with Crippen LogP contribution in [0.1, 0.15) is 66.9 Å². The first-order valence-corrected chi connectivity index (χ1v) is 11.6. The van der Waals surface area contributed by atoms with Crippen LogP contribution in [-0.2, 0) is 20.7 Å². The lowest BCUT2D eigenvalue weighted by atomic mass is 9.86. The summed E-state index contributed by atoms with van der Waals surface area (Å²) < 4.78 is 32.4. The number of ether oxygens (including phenoxy) is 3. The Balaban J connectivity index is 2.14. The number of carbonyl (C=O) groups is 1. The van der Waals surface area contributed by atoms with Gasteiger partial charge in [0.2, 0.25) is 0 Å². The number of esters is 1. The second kappa shape index (κ2) is 8.69. The number of aryl methyl sites for hydroxylation is 3. The fraction of sp³-hybridized carbons (Fsp3) is 0.481. The predicted octanol–water partition coefficient (Wildman–Crippen LogP) is 5.96. The number of benzene rings is 1. The number of nitrogens with one attached hydrogen (secondary N) is 1. The van der Waals surface area contributed by atoms with Crippen molar-refractivity contribution in [2.24, 2.45) is 0 Å². The maximum Gasteiger partial charge on any atom is 0.339 e. The van der Waals surface area contributed by atoms with Gasteiger partial charge in [-0.05, 0) is 84.1 Å². The molecule has 4 rings (SSSR count). The van der Waals surface area contributed by atoms with Crippen LogP contribution in [-0.4, -0.2) is 35.3 Å². The molecule has 1 aliphatic heterocycles. The van der Waals surface area contributed by atoms with Crippen LogP contribution < -0.4 is 4.74 Å². The van der Waals surface area contributed by atoms with Crippen LogP contribution in [0.2, 0.25) is 0 Å². The Hall–Kier alpha value is -2.93. The maximum absolute atomic E-state index is 15.4. The highest BCUT2D eigenvalue weighted by Gasteiger charge is 2.35. The number of aromatic nitrogens is 2. The molecule has 1 aliphatic rings. The standard InChI is InChI=1S/C27H33FN2O4/c1-13-15(3)29-25-20(13)22(18-12-19(28)23-17(14(18)2)10-9-11-33-23)21(16(4)30-25)24(26(31)32-8)34-27(5,6)7/h12,24H,9-11H2,1-8H3,(H,29,30). The molecule has 7 heteroatoms. The van der Waals surface area contributed by atoms with E-state index in [1.54, 1.807) is 0 Å². The van der Waals surface area contributed by atoms with Crippen molar-refractivity contribution in [3.05, 3.63) is 45.5 Å². The molecule has 3 heterocycles. The Labute approximate surface area is 199 Å². The van der Waals surface area contributed by atoms with Crippen molar-refractivity contribution in [2.75, 3.05) is 13.7 Å². The Morgan fingerprint density at radius 2 is 1.91 bits per heavy atom. The van der Waals surface area contributed by atoms with Gasteiger partial charge < -0.3 is 19.2 Å². The molecule has 3 aromatic rings. The third-order valence-corrected chi connectivity index (χ3v) is 6.52. The van der Waals surface area contributed by atoms with Crippen LogP contribution in [0, 0.1) is 33.5 Å². The van der Waals surface area contributed by atoms with Crippen molar-refractivity contribution in [1.82, 2.24) is 9.97 Å². The lowest BCUT2D eigenvalue weighted by molar-refractivity contribution is -0.164. The fourth-order valence-corrected chi connectivity index (χ4v) is 4.84. The molecule has 6 nitrogen and oxygen atoms in total. The maximum atomic E-state index is 15.4. The summed E-state index contributed by atoms with van der Waals surface area (Å²) in [5.41, 5.74) is 6.48. The molecular formula is C27H33FN2O4. The minimum Gasteiger partial charge on any atom is -0.490 e. The van der Waals surface area contributed by atoms with Crippen LogP contribution in [0.25, 0.3) is 22.2 Å². The van der Waals surface area contributed by atoms with Gasteiger partial charge in [-0.25, -0.2) is 14.2 Å². The summed E-state index contributed by atoms with van der Waals surface area (Å²) in [5.74, 6) is -0.599. The summed E-state index contributed by atoms with van der Waals surface area (Å²) in [7, 11) is 1.34. The number of methoxy groups -OCH3 is 1. The molecule has 0 saturated heterocycles. The molecule has 0 amide bonds. The van der Waals surface area contributed by atoms with E-state index < -0.39 is 23.5 Å². The van der Waals surface area contributed by atoms with E-state index >= 15 is 4.39 Å². The summed E-state index contributed by atoms with van der Waals surface area (Å²) in [6.07, 6.45) is 0.536. The molecule has 1 atom stereocenters. The van der Waals surface area contributed by atoms with Crippen LogP contribution >= 0.6 is 0 Å². The number of hydrogen-bond acceptors (Lipinski definition) is 5. The van der Waals surface area contributed by atoms with E-state index in [1.807, 2.05) is 48.5 Å². The summed E-state index contributed by atoms with van der Waals surface area (Å²) >= 11 is 0. The van der Waals surface area contributed by atoms with Crippen molar-refractivity contribution in [1.29, 1.82) is 0 Å². The molecule has 0 bridgehead atoms. The van der Waals surface area contributed by atoms with Gasteiger partial charge in [0.15, 0.2) is 17.7 Å². The topological polar surface area (TPSA) is 73.4 Å². The summed E-state index contributed by atoms with van der Waals surface area (Å²) in [4.78, 5) is 21.2. The van der Waals surface area contributed by atoms with E-state index in [0.717, 1.165) is 46.2 Å². The quantitative estimate of drug-likeness (QED) is 0.479. The zero-order valence-corrected chi connectivity index (χ0v) is 21.2. The largest absolute Gasteiger partial charge is 0.490 e. The van der Waals surface area contributed by atoms with E-state index in [4.69, 9.17) is 19.2 Å². The summed E-state index contributed by atoms with van der Waals surface area (Å²) in [6, 6.07) is 1.52. The first-order chi connectivity index (χ1) is 15.9. The van der Waals surface area contributed by atoms with Crippen molar-refractivity contribution in [2.45, 2.75) is 73.0 Å². The van der Waals surface area contributed by atoms with Gasteiger partial charge in [0.05, 0.1) is 19.3 Å². The van der Waals surface area contributed by atoms with Crippen molar-refractivity contribution >= 4 is 17.0 Å². The van der Waals surface area contributed by atoms with E-state index in [-0.39, 0.29) is 0 Å². The number of nitrogens with zero attached hydrogens (tertiary/aromatic N) is 1. The van der Waals surface area contributed by atoms with Crippen molar-refractivity contribution in [3.63, 3.8) is 0 Å². The highest BCUT2D eigenvalue weighted by atomic mass is 19.1. The average molecular weight is 469 g/mol. The zero-order valence-electron chi connectivity index (χ0n) is 21.2. The van der Waals surface area contributed by atoms with Gasteiger partial charge >= 0.3 is 5.97 Å². The molecule has 0 fully saturated rings. The summed E-state index contributed by atoms with van der Waals surface area (Å²) in [6.45, 7) is 14.0. The van der Waals surface area contributed by atoms with Crippen LogP contribution in [0.15, 0.2) is 6.07 Å². The van der Waals surface area contributed by atoms with E-state index in [0.29, 0.717) is 34.8 Å². The molecule has 1 aromatic carbocycles. The van der Waals surface area contributed by atoms with E-state index in [1.165, 1.54) is 13.2 Å². The SMILES string of the molecule is COC(=O)C(OC(C)(C)C)c1c(C)nc2[nH]c(C)c(C)c2c1-c1cc(F)c2c(c1C)CCCO2. The molecule has 182 valence electrons. The number of pyridine rings is 1. The van der Waals surface area contributed by atoms with Crippen LogP contribution in [0.3, 0.4) is 0 Å². The molecule has 0 spiro atoms. The van der Waals surface area contributed by atoms with Gasteiger partial charge in [0.25, 0.3) is 0 Å². The van der Waals surface area contributed by atoms with Crippen molar-refractivity contribution in [3.8, 4) is 16.9 Å². The predicted molar refractivity (Wildman–Crippen MR) is 130 cm³/mol. The molecule has 0 aliphatic carbocycles. The Kier molecular flexibility index (Phi) is 6.19. The van der Waals surface area contributed by atoms with E-state index in [2.05, 4.69) is 4.98 Å². The smallest absolute Gasteiger partial charge is 0.339 e. The Morgan fingerprint density at radius 1 is 1.21 bits per heavy atom. The highest BCUT2D eigenvalue weighted by molar-refractivity contribution is 6.01. The molecular weight excluding hydrogens is 435 g/mol. The van der Waals surface area contributed by atoms with Crippen LogP contribution in [0.4, 0.5) is 4.39 Å². The zero-order chi connectivity index (χ0) is 24.9. The number of halogens is 1. The second-order valence-corrected chi connectivity index (χ2v) is 10.0. The van der Waals surface area contributed by atoms with Gasteiger partial charge in [-0.2, -0.15) is 0 Å². The molecule has 1 unspecified atom stereocenters. The monoisotopic (exact) mass is 468 g/mol. The first-order valence-electron chi connectivity index (χ1n) is 11.6. The third kappa shape index (κ3) is 4.06. The Morgan fingerprint density at radius 3 is 2.56 bits per heavy atom. The lowest BCUT2D eigenvalue weighted by Gasteiger charge is -2.29. The van der Waals surface area contributed by atoms with Gasteiger partial charge in [0, 0.05) is 33.5 Å². The third-order valence-electron chi connectivity index (χ3n) is 6.52. The first kappa shape index (κ1) is 24.2. The normalized spacial score (nSPS) is 14.6. The molecule has 2 aromatic heterocycles. The number of hydrogen-bond donors (Lipinski definition) is 1. The van der Waals surface area contributed by atoms with E-state index in [9.17, 15) is 4.79 Å².